The van der Waals surface area contributed by atoms with Crippen LogP contribution in [0.2, 0.25) is 0 Å². The summed E-state index contributed by atoms with van der Waals surface area (Å²) in [6.45, 7) is 5.11. The van der Waals surface area contributed by atoms with Crippen LogP contribution in [-0.2, 0) is 6.42 Å². The summed E-state index contributed by atoms with van der Waals surface area (Å²) in [4.78, 5) is 13.6. The Kier molecular flexibility index (Phi) is 3.81. The third kappa shape index (κ3) is 2.72. The number of nitrogens with zero attached hydrogens (tertiary/aromatic N) is 4. The van der Waals surface area contributed by atoms with Crippen LogP contribution in [0.15, 0.2) is 36.7 Å². The van der Waals surface area contributed by atoms with Crippen molar-refractivity contribution in [2.75, 3.05) is 11.9 Å². The minimum atomic E-state index is 0.807. The van der Waals surface area contributed by atoms with Crippen LogP contribution in [0.1, 0.15) is 26.1 Å². The maximum absolute atomic E-state index is 4.62. The lowest BCUT2D eigenvalue weighted by Crippen LogP contribution is -2.08. The topological polar surface area (TPSA) is 55.6 Å². The summed E-state index contributed by atoms with van der Waals surface area (Å²) in [5.41, 5.74) is 2.02. The van der Waals surface area contributed by atoms with Crippen molar-refractivity contribution in [2.45, 2.75) is 26.7 Å². The zero-order valence-electron chi connectivity index (χ0n) is 12.4. The van der Waals surface area contributed by atoms with Gasteiger partial charge in [0.1, 0.15) is 23.8 Å². The third-order valence-electron chi connectivity index (χ3n) is 3.33. The molecule has 5 heteroatoms. The summed E-state index contributed by atoms with van der Waals surface area (Å²) in [6, 6.07) is 10.0. The molecule has 0 unspecified atom stereocenters. The number of aryl methyl sites for hydroxylation is 1. The highest BCUT2D eigenvalue weighted by Crippen LogP contribution is 2.18. The van der Waals surface area contributed by atoms with Crippen LogP contribution in [0.4, 0.5) is 5.82 Å². The molecule has 0 aliphatic rings. The number of imidazole rings is 1. The first-order valence-corrected chi connectivity index (χ1v) is 7.36. The lowest BCUT2D eigenvalue weighted by atomic mass is 10.3. The Bertz CT molecular complexity index is 747. The number of rotatable bonds is 5. The second-order valence-corrected chi connectivity index (χ2v) is 4.91. The fourth-order valence-electron chi connectivity index (χ4n) is 2.25. The second kappa shape index (κ2) is 5.91. The van der Waals surface area contributed by atoms with E-state index in [-0.39, 0.29) is 0 Å². The van der Waals surface area contributed by atoms with Gasteiger partial charge in [0.15, 0.2) is 0 Å². The lowest BCUT2D eigenvalue weighted by molar-refractivity contribution is 0.885. The molecule has 0 aliphatic carbocycles. The van der Waals surface area contributed by atoms with Crippen LogP contribution in [-0.4, -0.2) is 26.1 Å². The summed E-state index contributed by atoms with van der Waals surface area (Å²) in [5, 5.41) is 3.33. The van der Waals surface area contributed by atoms with Gasteiger partial charge in [-0.1, -0.05) is 26.0 Å². The molecule has 0 saturated heterocycles. The van der Waals surface area contributed by atoms with Crippen LogP contribution in [0.25, 0.3) is 16.9 Å². The van der Waals surface area contributed by atoms with Crippen molar-refractivity contribution in [2.24, 2.45) is 0 Å². The van der Waals surface area contributed by atoms with Gasteiger partial charge in [0.05, 0.1) is 11.0 Å². The zero-order chi connectivity index (χ0) is 14.7. The van der Waals surface area contributed by atoms with Crippen molar-refractivity contribution >= 4 is 16.9 Å². The number of benzene rings is 1. The number of para-hydroxylation sites is 2. The van der Waals surface area contributed by atoms with E-state index >= 15 is 0 Å². The van der Waals surface area contributed by atoms with Gasteiger partial charge in [0.2, 0.25) is 0 Å². The standard InChI is InChI=1S/C16H19N5/c1-3-9-17-15-10-16(20-14(4-2)19-15)21-11-18-12-7-5-6-8-13(12)21/h5-8,10-11H,3-4,9H2,1-2H3,(H,17,19,20). The molecule has 0 fully saturated rings. The molecule has 1 N–H and O–H groups in total. The van der Waals surface area contributed by atoms with Gasteiger partial charge < -0.3 is 5.32 Å². The summed E-state index contributed by atoms with van der Waals surface area (Å²) in [6.07, 6.45) is 3.69. The number of anilines is 1. The number of aromatic nitrogens is 4. The summed E-state index contributed by atoms with van der Waals surface area (Å²) >= 11 is 0. The first kappa shape index (κ1) is 13.5. The molecule has 3 aromatic rings. The van der Waals surface area contributed by atoms with E-state index in [2.05, 4.69) is 40.2 Å². The largest absolute Gasteiger partial charge is 0.370 e. The SMILES string of the molecule is CCCNc1cc(-n2cnc3ccccc32)nc(CC)n1. The Morgan fingerprint density at radius 1 is 1.14 bits per heavy atom. The van der Waals surface area contributed by atoms with Crippen molar-refractivity contribution < 1.29 is 0 Å². The molecule has 0 radical (unpaired) electrons. The molecule has 0 amide bonds. The molecule has 3 rings (SSSR count). The second-order valence-electron chi connectivity index (χ2n) is 4.91. The number of hydrogen-bond acceptors (Lipinski definition) is 4. The van der Waals surface area contributed by atoms with Crippen LogP contribution >= 0.6 is 0 Å². The molecular formula is C16H19N5. The average molecular weight is 281 g/mol. The van der Waals surface area contributed by atoms with E-state index in [1.807, 2.05) is 35.2 Å². The van der Waals surface area contributed by atoms with E-state index in [4.69, 9.17) is 0 Å². The molecule has 0 aliphatic heterocycles. The van der Waals surface area contributed by atoms with Gasteiger partial charge in [-0.2, -0.15) is 0 Å². The smallest absolute Gasteiger partial charge is 0.144 e. The minimum absolute atomic E-state index is 0.807. The van der Waals surface area contributed by atoms with Gasteiger partial charge >= 0.3 is 0 Å². The zero-order valence-corrected chi connectivity index (χ0v) is 12.4. The van der Waals surface area contributed by atoms with E-state index in [1.165, 1.54) is 0 Å². The third-order valence-corrected chi connectivity index (χ3v) is 3.33. The fraction of sp³-hybridized carbons (Fsp3) is 0.312. The summed E-state index contributed by atoms with van der Waals surface area (Å²) in [7, 11) is 0. The number of fused-ring (bicyclic) bond motifs is 1. The van der Waals surface area contributed by atoms with Crippen LogP contribution in [0.3, 0.4) is 0 Å². The molecule has 0 atom stereocenters. The van der Waals surface area contributed by atoms with E-state index in [9.17, 15) is 0 Å². The molecule has 2 heterocycles. The molecule has 21 heavy (non-hydrogen) atoms. The van der Waals surface area contributed by atoms with Crippen molar-refractivity contribution in [3.63, 3.8) is 0 Å². The molecule has 1 aromatic carbocycles. The highest BCUT2D eigenvalue weighted by molar-refractivity contribution is 5.76. The first-order valence-electron chi connectivity index (χ1n) is 7.36. The molecular weight excluding hydrogens is 262 g/mol. The maximum Gasteiger partial charge on any atom is 0.144 e. The Morgan fingerprint density at radius 2 is 2.00 bits per heavy atom. The molecule has 5 nitrogen and oxygen atoms in total. The monoisotopic (exact) mass is 281 g/mol. The van der Waals surface area contributed by atoms with Gasteiger partial charge in [-0.05, 0) is 18.6 Å². The van der Waals surface area contributed by atoms with Crippen LogP contribution in [0.5, 0.6) is 0 Å². The van der Waals surface area contributed by atoms with Crippen LogP contribution < -0.4 is 5.32 Å². The van der Waals surface area contributed by atoms with Gasteiger partial charge in [-0.25, -0.2) is 15.0 Å². The summed E-state index contributed by atoms with van der Waals surface area (Å²) in [5.74, 6) is 2.56. The Morgan fingerprint density at radius 3 is 2.81 bits per heavy atom. The Balaban J connectivity index is 2.08. The van der Waals surface area contributed by atoms with E-state index in [1.54, 1.807) is 0 Å². The average Bonchev–Trinajstić information content (AvgIpc) is 2.96. The van der Waals surface area contributed by atoms with Gasteiger partial charge in [-0.15, -0.1) is 0 Å². The molecule has 2 aromatic heterocycles. The van der Waals surface area contributed by atoms with Crippen molar-refractivity contribution in [1.29, 1.82) is 0 Å². The summed E-state index contributed by atoms with van der Waals surface area (Å²) < 4.78 is 2.01. The maximum atomic E-state index is 4.62. The fourth-order valence-corrected chi connectivity index (χ4v) is 2.25. The van der Waals surface area contributed by atoms with Gasteiger partial charge in [0, 0.05) is 19.0 Å². The molecule has 108 valence electrons. The Labute approximate surface area is 124 Å². The van der Waals surface area contributed by atoms with Crippen molar-refractivity contribution in [3.05, 3.63) is 42.5 Å². The Hall–Kier alpha value is -2.43. The van der Waals surface area contributed by atoms with E-state index in [0.29, 0.717) is 0 Å². The highest BCUT2D eigenvalue weighted by atomic mass is 15.1. The molecule has 0 spiro atoms. The number of nitrogens with one attached hydrogen (secondary N) is 1. The molecule has 0 saturated carbocycles. The van der Waals surface area contributed by atoms with Crippen LogP contribution in [0, 0.1) is 0 Å². The van der Waals surface area contributed by atoms with Gasteiger partial charge in [-0.3, -0.25) is 4.57 Å². The van der Waals surface area contributed by atoms with E-state index < -0.39 is 0 Å². The predicted octanol–water partition coefficient (Wildman–Crippen LogP) is 3.20. The van der Waals surface area contributed by atoms with Crippen molar-refractivity contribution in [1.82, 2.24) is 19.5 Å². The first-order chi connectivity index (χ1) is 10.3. The quantitative estimate of drug-likeness (QED) is 0.780. The number of hydrogen-bond donors (Lipinski definition) is 1. The predicted molar refractivity (Wildman–Crippen MR) is 84.8 cm³/mol. The van der Waals surface area contributed by atoms with Gasteiger partial charge in [0.25, 0.3) is 0 Å². The minimum Gasteiger partial charge on any atom is -0.370 e. The normalized spacial score (nSPS) is 11.0. The van der Waals surface area contributed by atoms with E-state index in [0.717, 1.165) is 47.9 Å². The molecule has 0 bridgehead atoms. The van der Waals surface area contributed by atoms with Crippen molar-refractivity contribution in [3.8, 4) is 5.82 Å². The lowest BCUT2D eigenvalue weighted by Gasteiger charge is -2.09. The highest BCUT2D eigenvalue weighted by Gasteiger charge is 2.08.